The molecule has 0 saturated heterocycles. The van der Waals surface area contributed by atoms with E-state index in [1.165, 1.54) is 6.07 Å². The Morgan fingerprint density at radius 2 is 1.80 bits per heavy atom. The summed E-state index contributed by atoms with van der Waals surface area (Å²) in [5, 5.41) is 4.91. The van der Waals surface area contributed by atoms with E-state index in [0.717, 1.165) is 30.9 Å². The first-order chi connectivity index (χ1) is 19.6. The van der Waals surface area contributed by atoms with Crippen LogP contribution < -0.4 is 21.1 Å². The summed E-state index contributed by atoms with van der Waals surface area (Å²) >= 11 is 1.02. The smallest absolute Gasteiger partial charge is 0.330 e. The summed E-state index contributed by atoms with van der Waals surface area (Å²) in [6.07, 6.45) is -6.24. The minimum absolute atomic E-state index is 0.118. The van der Waals surface area contributed by atoms with Crippen LogP contribution in [0.4, 0.5) is 23.2 Å². The van der Waals surface area contributed by atoms with Gasteiger partial charge in [0.05, 0.1) is 17.3 Å². The number of hydrogen-bond acceptors (Lipinski definition) is 6. The summed E-state index contributed by atoms with van der Waals surface area (Å²) in [5.41, 5.74) is 6.36. The van der Waals surface area contributed by atoms with Crippen LogP contribution in [0.2, 0.25) is 0 Å². The van der Waals surface area contributed by atoms with Gasteiger partial charge < -0.3 is 16.4 Å². The monoisotopic (exact) mass is 593 g/mol. The fraction of sp³-hybridized carbons (Fsp3) is 0.429. The van der Waals surface area contributed by atoms with Gasteiger partial charge in [-0.3, -0.25) is 19.1 Å². The lowest BCUT2D eigenvalue weighted by molar-refractivity contribution is -0.147. The first kappa shape index (κ1) is 30.5. The van der Waals surface area contributed by atoms with Gasteiger partial charge in [0.1, 0.15) is 5.82 Å². The molecule has 1 aliphatic heterocycles. The molecule has 0 aromatic heterocycles. The van der Waals surface area contributed by atoms with Crippen molar-refractivity contribution in [2.24, 2.45) is 28.5 Å². The van der Waals surface area contributed by atoms with Crippen molar-refractivity contribution in [3.05, 3.63) is 65.5 Å². The fourth-order valence-corrected chi connectivity index (χ4v) is 5.23. The highest BCUT2D eigenvalue weighted by molar-refractivity contribution is 7.97. The highest BCUT2D eigenvalue weighted by atomic mass is 32.2. The summed E-state index contributed by atoms with van der Waals surface area (Å²) in [6, 6.07) is 12.8. The predicted molar refractivity (Wildman–Crippen MR) is 148 cm³/mol. The van der Waals surface area contributed by atoms with Crippen molar-refractivity contribution in [3.63, 3.8) is 0 Å². The zero-order valence-electron chi connectivity index (χ0n) is 22.0. The maximum atomic E-state index is 14.8. The van der Waals surface area contributed by atoms with Gasteiger partial charge in [-0.1, -0.05) is 55.3 Å². The van der Waals surface area contributed by atoms with Gasteiger partial charge in [0.25, 0.3) is 5.91 Å². The van der Waals surface area contributed by atoms with E-state index in [4.69, 9.17) is 5.73 Å². The summed E-state index contributed by atoms with van der Waals surface area (Å²) in [7, 11) is 0. The van der Waals surface area contributed by atoms with E-state index < -0.39 is 60.6 Å². The Labute approximate surface area is 239 Å². The van der Waals surface area contributed by atoms with Gasteiger partial charge in [-0.05, 0) is 36.8 Å². The number of anilines is 1. The molecule has 2 aromatic carbocycles. The average molecular weight is 594 g/mol. The van der Waals surface area contributed by atoms with Crippen LogP contribution in [0, 0.1) is 23.6 Å². The quantitative estimate of drug-likeness (QED) is 0.167. The van der Waals surface area contributed by atoms with E-state index in [2.05, 4.69) is 20.3 Å². The van der Waals surface area contributed by atoms with E-state index >= 15 is 0 Å². The van der Waals surface area contributed by atoms with Gasteiger partial charge in [0.2, 0.25) is 18.0 Å². The average Bonchev–Trinajstić information content (AvgIpc) is 3.76. The van der Waals surface area contributed by atoms with Crippen LogP contribution in [0.15, 0.2) is 53.5 Å². The molecule has 1 heterocycles. The van der Waals surface area contributed by atoms with E-state index in [1.807, 2.05) is 0 Å². The number of aliphatic imine (C=N–C) groups is 1. The third-order valence-electron chi connectivity index (χ3n) is 6.92. The Hall–Kier alpha value is -3.45. The SMILES string of the molecule is NCCSNC(=O)C(CC1CC1)C(CCC(F)(F)F)C(=O)NC1N=C(c2ccccc2)c2cccc(F)c2NC1=O. The first-order valence-electron chi connectivity index (χ1n) is 13.3. The zero-order valence-corrected chi connectivity index (χ0v) is 22.9. The normalized spacial score (nSPS) is 18.3. The van der Waals surface area contributed by atoms with Gasteiger partial charge >= 0.3 is 6.18 Å². The predicted octanol–water partition coefficient (Wildman–Crippen LogP) is 4.16. The number of amides is 3. The summed E-state index contributed by atoms with van der Waals surface area (Å²) in [4.78, 5) is 44.4. The molecule has 3 unspecified atom stereocenters. The lowest BCUT2D eigenvalue weighted by atomic mass is 9.83. The second-order valence-electron chi connectivity index (χ2n) is 10.1. The highest BCUT2D eigenvalue weighted by Crippen LogP contribution is 2.40. The second kappa shape index (κ2) is 13.5. The van der Waals surface area contributed by atoms with Gasteiger partial charge in [0, 0.05) is 35.8 Å². The lowest BCUT2D eigenvalue weighted by Gasteiger charge is -2.27. The number of para-hydroxylation sites is 1. The molecule has 220 valence electrons. The van der Waals surface area contributed by atoms with Crippen molar-refractivity contribution in [1.29, 1.82) is 0 Å². The van der Waals surface area contributed by atoms with Gasteiger partial charge in [-0.25, -0.2) is 9.38 Å². The molecule has 3 amide bonds. The van der Waals surface area contributed by atoms with E-state index in [0.29, 0.717) is 11.3 Å². The van der Waals surface area contributed by atoms with Gasteiger partial charge in [-0.15, -0.1) is 0 Å². The third-order valence-corrected chi connectivity index (χ3v) is 7.71. The van der Waals surface area contributed by atoms with Crippen molar-refractivity contribution in [2.45, 2.75) is 44.4 Å². The number of hydrogen-bond donors (Lipinski definition) is 4. The minimum atomic E-state index is -4.56. The molecule has 5 N–H and O–H groups in total. The fourth-order valence-electron chi connectivity index (χ4n) is 4.72. The molecule has 0 radical (unpaired) electrons. The second-order valence-corrected chi connectivity index (χ2v) is 11.0. The van der Waals surface area contributed by atoms with E-state index in [1.54, 1.807) is 36.4 Å². The van der Waals surface area contributed by atoms with Crippen molar-refractivity contribution in [1.82, 2.24) is 10.0 Å². The number of benzodiazepines with no additional fused rings is 1. The number of carbonyl (C=O) groups excluding carboxylic acids is 3. The summed E-state index contributed by atoms with van der Waals surface area (Å²) < 4.78 is 57.3. The number of nitrogens with one attached hydrogen (secondary N) is 3. The Balaban J connectivity index is 1.66. The Morgan fingerprint density at radius 1 is 1.07 bits per heavy atom. The van der Waals surface area contributed by atoms with Gasteiger partial charge in [0.15, 0.2) is 0 Å². The first-order valence-corrected chi connectivity index (χ1v) is 14.3. The highest BCUT2D eigenvalue weighted by Gasteiger charge is 2.41. The van der Waals surface area contributed by atoms with Crippen molar-refractivity contribution < 1.29 is 31.9 Å². The number of fused-ring (bicyclic) bond motifs is 1. The molecule has 2 aromatic rings. The Kier molecular flexibility index (Phi) is 10.0. The van der Waals surface area contributed by atoms with Gasteiger partial charge in [-0.2, -0.15) is 13.2 Å². The minimum Gasteiger partial charge on any atom is -0.330 e. The number of rotatable bonds is 12. The zero-order chi connectivity index (χ0) is 29.6. The van der Waals surface area contributed by atoms with Crippen LogP contribution in [0.25, 0.3) is 0 Å². The maximum Gasteiger partial charge on any atom is 0.389 e. The number of nitrogens with zero attached hydrogens (tertiary/aromatic N) is 1. The molecule has 1 aliphatic carbocycles. The van der Waals surface area contributed by atoms with E-state index in [9.17, 15) is 31.9 Å². The Bertz CT molecular complexity index is 1290. The van der Waals surface area contributed by atoms with Crippen molar-refractivity contribution >= 4 is 41.1 Å². The van der Waals surface area contributed by atoms with Crippen molar-refractivity contribution in [2.75, 3.05) is 17.6 Å². The summed E-state index contributed by atoms with van der Waals surface area (Å²) in [5.74, 6) is -5.01. The molecule has 2 aliphatic rings. The number of nitrogens with two attached hydrogens (primary N) is 1. The molecule has 41 heavy (non-hydrogen) atoms. The molecule has 1 saturated carbocycles. The lowest BCUT2D eigenvalue weighted by Crippen LogP contribution is -2.48. The van der Waals surface area contributed by atoms with Crippen LogP contribution in [0.5, 0.6) is 0 Å². The number of carbonyl (C=O) groups is 3. The van der Waals surface area contributed by atoms with E-state index in [-0.39, 0.29) is 35.8 Å². The summed E-state index contributed by atoms with van der Waals surface area (Å²) in [6.45, 7) is 0.276. The molecule has 8 nitrogen and oxygen atoms in total. The molecule has 0 spiro atoms. The molecular weight excluding hydrogens is 562 g/mol. The standard InChI is InChI=1S/C28H31F4N5O3S/c29-21-8-4-7-19-22(17-5-2-1-3-6-17)34-24(27(40)35-23(19)21)36-25(38)18(11-12-28(30,31)32)20(15-16-9-10-16)26(39)37-41-14-13-33/h1-8,16,18,20,24H,9-15,33H2,(H,35,40)(H,36,38)(H,37,39). The van der Waals surface area contributed by atoms with Crippen LogP contribution in [0.1, 0.15) is 43.2 Å². The van der Waals surface area contributed by atoms with Crippen molar-refractivity contribution in [3.8, 4) is 0 Å². The topological polar surface area (TPSA) is 126 Å². The molecule has 0 bridgehead atoms. The largest absolute Gasteiger partial charge is 0.389 e. The van der Waals surface area contributed by atoms with Crippen LogP contribution in [0.3, 0.4) is 0 Å². The van der Waals surface area contributed by atoms with Crippen LogP contribution in [-0.2, 0) is 14.4 Å². The van der Waals surface area contributed by atoms with Crippen LogP contribution in [-0.4, -0.2) is 48.1 Å². The Morgan fingerprint density at radius 3 is 2.46 bits per heavy atom. The molecular formula is C28H31F4N5O3S. The van der Waals surface area contributed by atoms with Crippen LogP contribution >= 0.6 is 11.9 Å². The number of alkyl halides is 3. The number of benzene rings is 2. The molecule has 1 fully saturated rings. The third kappa shape index (κ3) is 8.29. The maximum absolute atomic E-state index is 14.8. The molecule has 4 rings (SSSR count). The molecule has 13 heteroatoms. The number of halogens is 4. The molecule has 3 atom stereocenters.